The van der Waals surface area contributed by atoms with Crippen LogP contribution in [0.3, 0.4) is 0 Å². The summed E-state index contributed by atoms with van der Waals surface area (Å²) in [6.07, 6.45) is 5.54. The Morgan fingerprint density at radius 1 is 1.38 bits per heavy atom. The van der Waals surface area contributed by atoms with Crippen LogP contribution in [-0.4, -0.2) is 11.6 Å². The summed E-state index contributed by atoms with van der Waals surface area (Å²) in [5.41, 5.74) is -0.111. The molecule has 2 atom stereocenters. The lowest BCUT2D eigenvalue weighted by atomic mass is 10.1. The molecule has 13 heavy (non-hydrogen) atoms. The van der Waals surface area contributed by atoms with Gasteiger partial charge < -0.3 is 4.74 Å². The van der Waals surface area contributed by atoms with Gasteiger partial charge in [0, 0.05) is 0 Å². The van der Waals surface area contributed by atoms with E-state index in [1.807, 2.05) is 6.92 Å². The van der Waals surface area contributed by atoms with Gasteiger partial charge >= 0.3 is 5.97 Å². The highest BCUT2D eigenvalue weighted by Crippen LogP contribution is 2.46. The SMILES string of the molecule is CC1CC1(C)OC(=O)C1CCCC1. The summed E-state index contributed by atoms with van der Waals surface area (Å²) in [6.45, 7) is 4.19. The van der Waals surface area contributed by atoms with Crippen LogP contribution in [0.5, 0.6) is 0 Å². The molecule has 74 valence electrons. The van der Waals surface area contributed by atoms with E-state index >= 15 is 0 Å². The van der Waals surface area contributed by atoms with Crippen LogP contribution in [0.25, 0.3) is 0 Å². The van der Waals surface area contributed by atoms with E-state index in [-0.39, 0.29) is 17.5 Å². The first-order valence-electron chi connectivity index (χ1n) is 5.35. The monoisotopic (exact) mass is 182 g/mol. The summed E-state index contributed by atoms with van der Waals surface area (Å²) in [5, 5.41) is 0. The number of hydrogen-bond donors (Lipinski definition) is 0. The molecule has 0 radical (unpaired) electrons. The van der Waals surface area contributed by atoms with Gasteiger partial charge in [0.1, 0.15) is 5.60 Å². The van der Waals surface area contributed by atoms with E-state index in [9.17, 15) is 4.79 Å². The van der Waals surface area contributed by atoms with Crippen LogP contribution in [0.15, 0.2) is 0 Å². The first kappa shape index (κ1) is 9.04. The number of ether oxygens (including phenoxy) is 1. The van der Waals surface area contributed by atoms with Crippen molar-refractivity contribution in [2.45, 2.75) is 51.6 Å². The molecular formula is C11H18O2. The second-order valence-corrected chi connectivity index (χ2v) is 4.82. The van der Waals surface area contributed by atoms with Crippen molar-refractivity contribution in [2.75, 3.05) is 0 Å². The maximum atomic E-state index is 11.6. The number of esters is 1. The number of carbonyl (C=O) groups is 1. The maximum Gasteiger partial charge on any atom is 0.309 e. The quantitative estimate of drug-likeness (QED) is 0.613. The lowest BCUT2D eigenvalue weighted by molar-refractivity contribution is -0.155. The molecule has 0 aromatic rings. The van der Waals surface area contributed by atoms with E-state index in [1.165, 1.54) is 12.8 Å². The Hall–Kier alpha value is -0.530. The third-order valence-electron chi connectivity index (χ3n) is 3.62. The first-order valence-corrected chi connectivity index (χ1v) is 5.35. The van der Waals surface area contributed by atoms with Gasteiger partial charge in [-0.05, 0) is 32.1 Å². The second kappa shape index (κ2) is 3.00. The Morgan fingerprint density at radius 2 is 1.92 bits per heavy atom. The van der Waals surface area contributed by atoms with Crippen molar-refractivity contribution in [3.8, 4) is 0 Å². The Balaban J connectivity index is 1.84. The average molecular weight is 182 g/mol. The van der Waals surface area contributed by atoms with Crippen LogP contribution in [0.2, 0.25) is 0 Å². The van der Waals surface area contributed by atoms with E-state index in [1.54, 1.807) is 0 Å². The third kappa shape index (κ3) is 1.72. The fourth-order valence-corrected chi connectivity index (χ4v) is 2.17. The number of rotatable bonds is 2. The van der Waals surface area contributed by atoms with Crippen LogP contribution < -0.4 is 0 Å². The molecule has 0 aliphatic heterocycles. The van der Waals surface area contributed by atoms with Crippen LogP contribution in [0.1, 0.15) is 46.0 Å². The summed E-state index contributed by atoms with van der Waals surface area (Å²) in [4.78, 5) is 11.6. The third-order valence-corrected chi connectivity index (χ3v) is 3.62. The highest BCUT2D eigenvalue weighted by atomic mass is 16.6. The molecule has 2 aliphatic carbocycles. The molecule has 2 nitrogen and oxygen atoms in total. The average Bonchev–Trinajstić information content (AvgIpc) is 2.58. The summed E-state index contributed by atoms with van der Waals surface area (Å²) >= 11 is 0. The highest BCUT2D eigenvalue weighted by Gasteiger charge is 2.51. The Bertz CT molecular complexity index is 218. The molecule has 0 amide bonds. The summed E-state index contributed by atoms with van der Waals surface area (Å²) < 4.78 is 5.51. The fourth-order valence-electron chi connectivity index (χ4n) is 2.17. The van der Waals surface area contributed by atoms with Gasteiger partial charge in [0.2, 0.25) is 0 Å². The normalized spacial score (nSPS) is 39.1. The zero-order valence-electron chi connectivity index (χ0n) is 8.51. The Labute approximate surface area is 79.7 Å². The largest absolute Gasteiger partial charge is 0.459 e. The van der Waals surface area contributed by atoms with Crippen LogP contribution in [-0.2, 0) is 9.53 Å². The summed E-state index contributed by atoms with van der Waals surface area (Å²) in [5.74, 6) is 0.840. The van der Waals surface area contributed by atoms with Crippen molar-refractivity contribution in [2.24, 2.45) is 11.8 Å². The van der Waals surface area contributed by atoms with E-state index in [2.05, 4.69) is 6.92 Å². The molecule has 2 rings (SSSR count). The van der Waals surface area contributed by atoms with Gasteiger partial charge in [0.05, 0.1) is 5.92 Å². The molecule has 0 spiro atoms. The van der Waals surface area contributed by atoms with Gasteiger partial charge in [0.15, 0.2) is 0 Å². The predicted octanol–water partition coefficient (Wildman–Crippen LogP) is 2.52. The molecule has 2 saturated carbocycles. The molecule has 0 aromatic heterocycles. The molecule has 0 saturated heterocycles. The van der Waals surface area contributed by atoms with Crippen molar-refractivity contribution < 1.29 is 9.53 Å². The maximum absolute atomic E-state index is 11.6. The van der Waals surface area contributed by atoms with Gasteiger partial charge in [0.25, 0.3) is 0 Å². The molecule has 2 aliphatic rings. The topological polar surface area (TPSA) is 26.3 Å². The van der Waals surface area contributed by atoms with Crippen LogP contribution in [0, 0.1) is 11.8 Å². The molecule has 0 bridgehead atoms. The van der Waals surface area contributed by atoms with Crippen molar-refractivity contribution in [3.63, 3.8) is 0 Å². The number of hydrogen-bond acceptors (Lipinski definition) is 2. The fraction of sp³-hybridized carbons (Fsp3) is 0.909. The smallest absolute Gasteiger partial charge is 0.309 e. The van der Waals surface area contributed by atoms with Crippen molar-refractivity contribution in [1.82, 2.24) is 0 Å². The molecule has 2 heteroatoms. The standard InChI is InChI=1S/C11H18O2/c1-8-7-11(8,2)13-10(12)9-5-3-4-6-9/h8-9H,3-7H2,1-2H3. The minimum absolute atomic E-state index is 0.0596. The van der Waals surface area contributed by atoms with Gasteiger partial charge in [-0.2, -0.15) is 0 Å². The molecule has 0 aromatic carbocycles. The van der Waals surface area contributed by atoms with Gasteiger partial charge in [-0.1, -0.05) is 19.8 Å². The highest BCUT2D eigenvalue weighted by molar-refractivity contribution is 5.73. The Morgan fingerprint density at radius 3 is 2.38 bits per heavy atom. The van der Waals surface area contributed by atoms with E-state index in [4.69, 9.17) is 4.74 Å². The minimum Gasteiger partial charge on any atom is -0.459 e. The zero-order chi connectivity index (χ0) is 9.47. The summed E-state index contributed by atoms with van der Waals surface area (Å²) in [7, 11) is 0. The van der Waals surface area contributed by atoms with Gasteiger partial charge in [-0.3, -0.25) is 4.79 Å². The molecule has 0 N–H and O–H groups in total. The first-order chi connectivity index (χ1) is 6.12. The van der Waals surface area contributed by atoms with Crippen LogP contribution in [0.4, 0.5) is 0 Å². The molecular weight excluding hydrogens is 164 g/mol. The van der Waals surface area contributed by atoms with Gasteiger partial charge in [-0.15, -0.1) is 0 Å². The van der Waals surface area contributed by atoms with Crippen molar-refractivity contribution >= 4 is 5.97 Å². The Kier molecular flexibility index (Phi) is 2.09. The van der Waals surface area contributed by atoms with Crippen LogP contribution >= 0.6 is 0 Å². The van der Waals surface area contributed by atoms with Crippen molar-refractivity contribution in [3.05, 3.63) is 0 Å². The second-order valence-electron chi connectivity index (χ2n) is 4.82. The molecule has 2 unspecified atom stereocenters. The summed E-state index contributed by atoms with van der Waals surface area (Å²) in [6, 6.07) is 0. The van der Waals surface area contributed by atoms with Gasteiger partial charge in [-0.25, -0.2) is 0 Å². The van der Waals surface area contributed by atoms with E-state index in [0.29, 0.717) is 5.92 Å². The number of carbonyl (C=O) groups excluding carboxylic acids is 1. The molecule has 0 heterocycles. The minimum atomic E-state index is -0.111. The zero-order valence-corrected chi connectivity index (χ0v) is 8.51. The van der Waals surface area contributed by atoms with Crippen molar-refractivity contribution in [1.29, 1.82) is 0 Å². The lowest BCUT2D eigenvalue weighted by Gasteiger charge is -2.15. The van der Waals surface area contributed by atoms with E-state index in [0.717, 1.165) is 19.3 Å². The molecule has 2 fully saturated rings. The van der Waals surface area contributed by atoms with E-state index < -0.39 is 0 Å². The lowest BCUT2D eigenvalue weighted by Crippen LogP contribution is -2.23. The predicted molar refractivity (Wildman–Crippen MR) is 50.2 cm³/mol.